The van der Waals surface area contributed by atoms with Crippen LogP contribution in [0.4, 0.5) is 0 Å². The third-order valence-electron chi connectivity index (χ3n) is 2.99. The van der Waals surface area contributed by atoms with Gasteiger partial charge < -0.3 is 5.32 Å². The first kappa shape index (κ1) is 15.0. The van der Waals surface area contributed by atoms with Crippen LogP contribution < -0.4 is 5.32 Å². The van der Waals surface area contributed by atoms with E-state index >= 15 is 0 Å². The van der Waals surface area contributed by atoms with Crippen molar-refractivity contribution in [2.45, 2.75) is 52.0 Å². The SMILES string of the molecule is CCCCC(=O)NC(CC)Cc1cccc(Cl)c1. The van der Waals surface area contributed by atoms with E-state index in [2.05, 4.69) is 19.2 Å². The molecular formula is C15H22ClNO. The highest BCUT2D eigenvalue weighted by molar-refractivity contribution is 6.30. The zero-order valence-corrected chi connectivity index (χ0v) is 12.0. The first-order chi connectivity index (χ1) is 8.65. The highest BCUT2D eigenvalue weighted by Gasteiger charge is 2.10. The Kier molecular flexibility index (Phi) is 6.81. The molecule has 1 rings (SSSR count). The molecule has 3 heteroatoms. The number of rotatable bonds is 7. The molecule has 1 atom stereocenters. The molecule has 18 heavy (non-hydrogen) atoms. The first-order valence-corrected chi connectivity index (χ1v) is 7.07. The van der Waals surface area contributed by atoms with Gasteiger partial charge in [-0.15, -0.1) is 0 Å². The quantitative estimate of drug-likeness (QED) is 0.796. The van der Waals surface area contributed by atoms with Gasteiger partial charge in [-0.1, -0.05) is 44.0 Å². The minimum atomic E-state index is 0.158. The Bertz CT molecular complexity index is 379. The number of benzene rings is 1. The molecular weight excluding hydrogens is 246 g/mol. The van der Waals surface area contributed by atoms with Gasteiger partial charge in [-0.3, -0.25) is 4.79 Å². The number of unbranched alkanes of at least 4 members (excludes halogenated alkanes) is 1. The average Bonchev–Trinajstić information content (AvgIpc) is 2.35. The molecule has 2 nitrogen and oxygen atoms in total. The summed E-state index contributed by atoms with van der Waals surface area (Å²) in [5.41, 5.74) is 1.17. The topological polar surface area (TPSA) is 29.1 Å². The average molecular weight is 268 g/mol. The number of carbonyl (C=O) groups is 1. The van der Waals surface area contributed by atoms with Gasteiger partial charge in [0, 0.05) is 17.5 Å². The highest BCUT2D eigenvalue weighted by atomic mass is 35.5. The first-order valence-electron chi connectivity index (χ1n) is 6.69. The number of carbonyl (C=O) groups excluding carboxylic acids is 1. The van der Waals surface area contributed by atoms with Crippen LogP contribution in [0.3, 0.4) is 0 Å². The Morgan fingerprint density at radius 2 is 2.17 bits per heavy atom. The van der Waals surface area contributed by atoms with Crippen LogP contribution >= 0.6 is 11.6 Å². The van der Waals surface area contributed by atoms with E-state index in [4.69, 9.17) is 11.6 Å². The van der Waals surface area contributed by atoms with Crippen molar-refractivity contribution in [2.75, 3.05) is 0 Å². The van der Waals surface area contributed by atoms with Gasteiger partial charge in [-0.2, -0.15) is 0 Å². The Balaban J connectivity index is 2.49. The zero-order valence-electron chi connectivity index (χ0n) is 11.2. The van der Waals surface area contributed by atoms with E-state index in [1.807, 2.05) is 24.3 Å². The van der Waals surface area contributed by atoms with Crippen molar-refractivity contribution in [1.29, 1.82) is 0 Å². The molecule has 0 radical (unpaired) electrons. The number of amides is 1. The smallest absolute Gasteiger partial charge is 0.220 e. The lowest BCUT2D eigenvalue weighted by molar-refractivity contribution is -0.121. The summed E-state index contributed by atoms with van der Waals surface area (Å²) < 4.78 is 0. The molecule has 0 fully saturated rings. The maximum absolute atomic E-state index is 11.7. The summed E-state index contributed by atoms with van der Waals surface area (Å²) in [4.78, 5) is 11.7. The van der Waals surface area contributed by atoms with Crippen LogP contribution in [0.15, 0.2) is 24.3 Å². The van der Waals surface area contributed by atoms with Gasteiger partial charge in [0.25, 0.3) is 0 Å². The van der Waals surface area contributed by atoms with Crippen molar-refractivity contribution < 1.29 is 4.79 Å². The molecule has 1 aromatic carbocycles. The summed E-state index contributed by atoms with van der Waals surface area (Å²) in [5.74, 6) is 0.158. The number of hydrogen-bond acceptors (Lipinski definition) is 1. The number of nitrogens with one attached hydrogen (secondary N) is 1. The number of halogens is 1. The largest absolute Gasteiger partial charge is 0.353 e. The number of hydrogen-bond donors (Lipinski definition) is 1. The Morgan fingerprint density at radius 1 is 1.39 bits per heavy atom. The third-order valence-corrected chi connectivity index (χ3v) is 3.22. The van der Waals surface area contributed by atoms with Gasteiger partial charge in [-0.05, 0) is 37.0 Å². The lowest BCUT2D eigenvalue weighted by Crippen LogP contribution is -2.35. The fourth-order valence-corrected chi connectivity index (χ4v) is 2.10. The van der Waals surface area contributed by atoms with Crippen molar-refractivity contribution >= 4 is 17.5 Å². The van der Waals surface area contributed by atoms with E-state index in [-0.39, 0.29) is 11.9 Å². The third kappa shape index (κ3) is 5.54. The standard InChI is InChI=1S/C15H22ClNO/c1-3-5-9-15(18)17-14(4-2)11-12-7-6-8-13(16)10-12/h6-8,10,14H,3-5,9,11H2,1-2H3,(H,17,18). The van der Waals surface area contributed by atoms with Crippen molar-refractivity contribution in [3.63, 3.8) is 0 Å². The van der Waals surface area contributed by atoms with Crippen LogP contribution in [0, 0.1) is 0 Å². The summed E-state index contributed by atoms with van der Waals surface area (Å²) in [6, 6.07) is 8.03. The van der Waals surface area contributed by atoms with Crippen molar-refractivity contribution in [1.82, 2.24) is 5.32 Å². The summed E-state index contributed by atoms with van der Waals surface area (Å²) in [6.45, 7) is 4.19. The van der Waals surface area contributed by atoms with E-state index in [1.165, 1.54) is 5.56 Å². The maximum atomic E-state index is 11.7. The van der Waals surface area contributed by atoms with Crippen LogP contribution in [0.1, 0.15) is 45.1 Å². The molecule has 0 aliphatic carbocycles. The normalized spacial score (nSPS) is 12.2. The minimum absolute atomic E-state index is 0.158. The molecule has 0 spiro atoms. The van der Waals surface area contributed by atoms with Gasteiger partial charge in [-0.25, -0.2) is 0 Å². The molecule has 1 amide bonds. The van der Waals surface area contributed by atoms with Gasteiger partial charge in [0.15, 0.2) is 0 Å². The molecule has 0 aromatic heterocycles. The molecule has 0 aliphatic rings. The van der Waals surface area contributed by atoms with Crippen LogP contribution in [-0.4, -0.2) is 11.9 Å². The second kappa shape index (κ2) is 8.15. The van der Waals surface area contributed by atoms with Gasteiger partial charge in [0.2, 0.25) is 5.91 Å². The molecule has 0 bridgehead atoms. The van der Waals surface area contributed by atoms with E-state index in [0.29, 0.717) is 6.42 Å². The van der Waals surface area contributed by atoms with Crippen molar-refractivity contribution in [2.24, 2.45) is 0 Å². The predicted octanol–water partition coefficient (Wildman–Crippen LogP) is 3.97. The van der Waals surface area contributed by atoms with E-state index < -0.39 is 0 Å². The predicted molar refractivity (Wildman–Crippen MR) is 76.9 cm³/mol. The Hall–Kier alpha value is -1.02. The Morgan fingerprint density at radius 3 is 2.78 bits per heavy atom. The maximum Gasteiger partial charge on any atom is 0.220 e. The van der Waals surface area contributed by atoms with Crippen LogP contribution in [0.2, 0.25) is 5.02 Å². The molecule has 0 saturated carbocycles. The summed E-state index contributed by atoms with van der Waals surface area (Å²) in [6.07, 6.45) is 4.42. The van der Waals surface area contributed by atoms with E-state index in [0.717, 1.165) is 30.7 Å². The Labute approximate surface area is 115 Å². The van der Waals surface area contributed by atoms with E-state index in [1.54, 1.807) is 0 Å². The van der Waals surface area contributed by atoms with Crippen molar-refractivity contribution in [3.05, 3.63) is 34.9 Å². The highest BCUT2D eigenvalue weighted by Crippen LogP contribution is 2.13. The summed E-state index contributed by atoms with van der Waals surface area (Å²) >= 11 is 5.96. The minimum Gasteiger partial charge on any atom is -0.353 e. The molecule has 0 aliphatic heterocycles. The van der Waals surface area contributed by atoms with Crippen LogP contribution in [0.25, 0.3) is 0 Å². The molecule has 100 valence electrons. The monoisotopic (exact) mass is 267 g/mol. The molecule has 1 aromatic rings. The van der Waals surface area contributed by atoms with Crippen LogP contribution in [-0.2, 0) is 11.2 Å². The van der Waals surface area contributed by atoms with Crippen molar-refractivity contribution in [3.8, 4) is 0 Å². The molecule has 1 N–H and O–H groups in total. The van der Waals surface area contributed by atoms with E-state index in [9.17, 15) is 4.79 Å². The lowest BCUT2D eigenvalue weighted by atomic mass is 10.0. The summed E-state index contributed by atoms with van der Waals surface area (Å²) in [7, 11) is 0. The van der Waals surface area contributed by atoms with Crippen LogP contribution in [0.5, 0.6) is 0 Å². The second-order valence-electron chi connectivity index (χ2n) is 4.61. The van der Waals surface area contributed by atoms with Gasteiger partial charge >= 0.3 is 0 Å². The summed E-state index contributed by atoms with van der Waals surface area (Å²) in [5, 5.41) is 3.84. The zero-order chi connectivity index (χ0) is 13.4. The molecule has 0 heterocycles. The fourth-order valence-electron chi connectivity index (χ4n) is 1.88. The second-order valence-corrected chi connectivity index (χ2v) is 5.05. The molecule has 0 saturated heterocycles. The van der Waals surface area contributed by atoms with Gasteiger partial charge in [0.1, 0.15) is 0 Å². The van der Waals surface area contributed by atoms with Gasteiger partial charge in [0.05, 0.1) is 0 Å². The fraction of sp³-hybridized carbons (Fsp3) is 0.533. The molecule has 1 unspecified atom stereocenters. The lowest BCUT2D eigenvalue weighted by Gasteiger charge is -2.17.